The topological polar surface area (TPSA) is 29.5 Å². The average molecular weight is 237 g/mol. The minimum atomic E-state index is -0.433. The second kappa shape index (κ2) is 5.95. The lowest BCUT2D eigenvalue weighted by Crippen LogP contribution is -2.45. The van der Waals surface area contributed by atoms with Crippen LogP contribution in [-0.4, -0.2) is 29.2 Å². The maximum Gasteiger partial charge on any atom is 0.411 e. The van der Waals surface area contributed by atoms with Crippen LogP contribution in [0.1, 0.15) is 53.4 Å². The summed E-state index contributed by atoms with van der Waals surface area (Å²) in [5.74, 6) is 6.23. The highest BCUT2D eigenvalue weighted by atomic mass is 16.6. The third-order valence-corrected chi connectivity index (χ3v) is 2.58. The van der Waals surface area contributed by atoms with Gasteiger partial charge in [0.1, 0.15) is 5.60 Å². The van der Waals surface area contributed by atoms with E-state index in [1.54, 1.807) is 4.90 Å². The van der Waals surface area contributed by atoms with Crippen LogP contribution in [0.4, 0.5) is 4.79 Å². The lowest BCUT2D eigenvalue weighted by Gasteiger charge is -2.34. The summed E-state index contributed by atoms with van der Waals surface area (Å²) in [6, 6.07) is 0.0403. The molecule has 1 heterocycles. The fourth-order valence-corrected chi connectivity index (χ4v) is 1.84. The van der Waals surface area contributed by atoms with E-state index in [0.29, 0.717) is 0 Å². The first-order chi connectivity index (χ1) is 7.94. The molecule has 1 amide bonds. The van der Waals surface area contributed by atoms with Crippen LogP contribution < -0.4 is 0 Å². The van der Waals surface area contributed by atoms with Gasteiger partial charge in [-0.2, -0.15) is 0 Å². The van der Waals surface area contributed by atoms with E-state index in [4.69, 9.17) is 4.74 Å². The van der Waals surface area contributed by atoms with Crippen molar-refractivity contribution in [2.75, 3.05) is 6.54 Å². The number of likely N-dealkylation sites (tertiary alicyclic amines) is 1. The van der Waals surface area contributed by atoms with Gasteiger partial charge in [0.25, 0.3) is 0 Å². The van der Waals surface area contributed by atoms with E-state index < -0.39 is 5.60 Å². The summed E-state index contributed by atoms with van der Waals surface area (Å²) in [6.45, 7) is 8.45. The fraction of sp³-hybridized carbons (Fsp3) is 0.786. The molecule has 1 aliphatic heterocycles. The Morgan fingerprint density at radius 2 is 2.12 bits per heavy atom. The Morgan fingerprint density at radius 1 is 1.41 bits per heavy atom. The summed E-state index contributed by atoms with van der Waals surface area (Å²) in [6.07, 6.45) is 3.75. The minimum Gasteiger partial charge on any atom is -0.444 e. The van der Waals surface area contributed by atoms with Gasteiger partial charge < -0.3 is 4.74 Å². The highest BCUT2D eigenvalue weighted by Gasteiger charge is 2.29. The van der Waals surface area contributed by atoms with Crippen molar-refractivity contribution < 1.29 is 9.53 Å². The second-order valence-electron chi connectivity index (χ2n) is 5.36. The molecule has 3 heteroatoms. The van der Waals surface area contributed by atoms with Crippen LogP contribution in [0.3, 0.4) is 0 Å². The first-order valence-electron chi connectivity index (χ1n) is 6.42. The molecule has 3 nitrogen and oxygen atoms in total. The normalized spacial score (nSPS) is 20.5. The zero-order valence-electron chi connectivity index (χ0n) is 11.4. The standard InChI is InChI=1S/C14H23NO2/c1-5-6-9-12-10-7-8-11-15(12)13(16)17-14(2,3)4/h12H,5,7-8,10-11H2,1-4H3. The lowest BCUT2D eigenvalue weighted by molar-refractivity contribution is 0.0158. The molecule has 0 saturated carbocycles. The summed E-state index contributed by atoms with van der Waals surface area (Å²) in [5.41, 5.74) is -0.433. The summed E-state index contributed by atoms with van der Waals surface area (Å²) in [5, 5.41) is 0. The molecule has 17 heavy (non-hydrogen) atoms. The first kappa shape index (κ1) is 13.9. The number of nitrogens with zero attached hydrogens (tertiary/aromatic N) is 1. The van der Waals surface area contributed by atoms with E-state index >= 15 is 0 Å². The Bertz CT molecular complexity index is 319. The number of hydrogen-bond acceptors (Lipinski definition) is 2. The fourth-order valence-electron chi connectivity index (χ4n) is 1.84. The van der Waals surface area contributed by atoms with E-state index in [9.17, 15) is 4.79 Å². The zero-order chi connectivity index (χ0) is 12.9. The van der Waals surface area contributed by atoms with Gasteiger partial charge in [-0.15, -0.1) is 5.92 Å². The van der Waals surface area contributed by atoms with Crippen molar-refractivity contribution in [1.29, 1.82) is 0 Å². The molecule has 0 aliphatic carbocycles. The number of hydrogen-bond donors (Lipinski definition) is 0. The van der Waals surface area contributed by atoms with E-state index in [0.717, 1.165) is 32.2 Å². The molecule has 1 unspecified atom stereocenters. The van der Waals surface area contributed by atoms with Gasteiger partial charge in [-0.05, 0) is 40.0 Å². The summed E-state index contributed by atoms with van der Waals surface area (Å²) in [4.78, 5) is 13.8. The second-order valence-corrected chi connectivity index (χ2v) is 5.36. The number of rotatable bonds is 0. The predicted octanol–water partition coefficient (Wildman–Crippen LogP) is 3.19. The molecule has 0 aromatic heterocycles. The summed E-state index contributed by atoms with van der Waals surface area (Å²) >= 11 is 0. The van der Waals surface area contributed by atoms with Gasteiger partial charge in [-0.1, -0.05) is 12.8 Å². The van der Waals surface area contributed by atoms with Crippen LogP contribution in [0, 0.1) is 11.8 Å². The molecule has 96 valence electrons. The van der Waals surface area contributed by atoms with Crippen molar-refractivity contribution in [1.82, 2.24) is 4.90 Å². The Hall–Kier alpha value is -1.17. The van der Waals surface area contributed by atoms with Crippen LogP contribution in [0.2, 0.25) is 0 Å². The van der Waals surface area contributed by atoms with Gasteiger partial charge in [0.15, 0.2) is 0 Å². The van der Waals surface area contributed by atoms with Crippen molar-refractivity contribution >= 4 is 6.09 Å². The molecule has 0 N–H and O–H groups in total. The van der Waals surface area contributed by atoms with E-state index in [-0.39, 0.29) is 12.1 Å². The number of carbonyl (C=O) groups is 1. The highest BCUT2D eigenvalue weighted by Crippen LogP contribution is 2.19. The first-order valence-corrected chi connectivity index (χ1v) is 6.42. The van der Waals surface area contributed by atoms with Crippen molar-refractivity contribution in [3.63, 3.8) is 0 Å². The van der Waals surface area contributed by atoms with Crippen molar-refractivity contribution in [3.05, 3.63) is 0 Å². The van der Waals surface area contributed by atoms with Crippen LogP contribution in [0.5, 0.6) is 0 Å². The van der Waals surface area contributed by atoms with Crippen molar-refractivity contribution in [3.8, 4) is 11.8 Å². The quantitative estimate of drug-likeness (QED) is 0.605. The maximum atomic E-state index is 12.0. The van der Waals surface area contributed by atoms with E-state index in [1.807, 2.05) is 27.7 Å². The molecular weight excluding hydrogens is 214 g/mol. The summed E-state index contributed by atoms with van der Waals surface area (Å²) < 4.78 is 5.41. The molecule has 1 saturated heterocycles. The molecular formula is C14H23NO2. The Labute approximate surface area is 105 Å². The smallest absolute Gasteiger partial charge is 0.411 e. The minimum absolute atomic E-state index is 0.0403. The Kier molecular flexibility index (Phi) is 4.86. The van der Waals surface area contributed by atoms with Gasteiger partial charge in [0.05, 0.1) is 6.04 Å². The van der Waals surface area contributed by atoms with Gasteiger partial charge >= 0.3 is 6.09 Å². The van der Waals surface area contributed by atoms with Gasteiger partial charge in [0, 0.05) is 13.0 Å². The summed E-state index contributed by atoms with van der Waals surface area (Å²) in [7, 11) is 0. The number of carbonyl (C=O) groups excluding carboxylic acids is 1. The molecule has 1 fully saturated rings. The molecule has 0 aromatic carbocycles. The average Bonchev–Trinajstić information content (AvgIpc) is 2.24. The SMILES string of the molecule is CCC#CC1CCCCN1C(=O)OC(C)(C)C. The third-order valence-electron chi connectivity index (χ3n) is 2.58. The van der Waals surface area contributed by atoms with E-state index in [1.165, 1.54) is 0 Å². The molecule has 0 bridgehead atoms. The Balaban J connectivity index is 2.67. The van der Waals surface area contributed by atoms with Gasteiger partial charge in [-0.25, -0.2) is 4.79 Å². The monoisotopic (exact) mass is 237 g/mol. The van der Waals surface area contributed by atoms with E-state index in [2.05, 4.69) is 11.8 Å². The number of amides is 1. The number of ether oxygens (including phenoxy) is 1. The molecule has 1 aliphatic rings. The molecule has 0 spiro atoms. The lowest BCUT2D eigenvalue weighted by atomic mass is 10.0. The van der Waals surface area contributed by atoms with Crippen LogP contribution in [0.25, 0.3) is 0 Å². The van der Waals surface area contributed by atoms with Crippen molar-refractivity contribution in [2.24, 2.45) is 0 Å². The number of piperidine rings is 1. The largest absolute Gasteiger partial charge is 0.444 e. The highest BCUT2D eigenvalue weighted by molar-refractivity contribution is 5.69. The molecule has 1 rings (SSSR count). The third kappa shape index (κ3) is 4.68. The van der Waals surface area contributed by atoms with Crippen LogP contribution in [-0.2, 0) is 4.74 Å². The zero-order valence-corrected chi connectivity index (χ0v) is 11.4. The predicted molar refractivity (Wildman–Crippen MR) is 68.6 cm³/mol. The molecule has 0 radical (unpaired) electrons. The molecule has 1 atom stereocenters. The van der Waals surface area contributed by atoms with Crippen LogP contribution in [0.15, 0.2) is 0 Å². The molecule has 0 aromatic rings. The maximum absolute atomic E-state index is 12.0. The van der Waals surface area contributed by atoms with Crippen LogP contribution >= 0.6 is 0 Å². The Morgan fingerprint density at radius 3 is 2.71 bits per heavy atom. The van der Waals surface area contributed by atoms with Gasteiger partial charge in [-0.3, -0.25) is 4.90 Å². The van der Waals surface area contributed by atoms with Crippen molar-refractivity contribution in [2.45, 2.75) is 65.0 Å². The van der Waals surface area contributed by atoms with Gasteiger partial charge in [0.2, 0.25) is 0 Å².